The van der Waals surface area contributed by atoms with E-state index >= 15 is 0 Å². The van der Waals surface area contributed by atoms with Crippen LogP contribution < -0.4 is 5.73 Å². The molecule has 0 aromatic rings. The molecule has 8 nitrogen and oxygen atoms in total. The molecule has 0 amide bonds. The molecule has 0 aliphatic heterocycles. The van der Waals surface area contributed by atoms with Gasteiger partial charge in [-0.25, -0.2) is 0 Å². The lowest BCUT2D eigenvalue weighted by molar-refractivity contribution is -0.138. The zero-order chi connectivity index (χ0) is 13.0. The molecule has 10 heteroatoms. The second kappa shape index (κ2) is 5.91. The maximum absolute atomic E-state index is 11.4. The summed E-state index contributed by atoms with van der Waals surface area (Å²) in [5.41, 5.74) is 5.12. The highest BCUT2D eigenvalue weighted by Gasteiger charge is 2.25. The van der Waals surface area contributed by atoms with Crippen molar-refractivity contribution in [2.24, 2.45) is 5.73 Å². The van der Waals surface area contributed by atoms with E-state index in [4.69, 9.17) is 20.6 Å². The number of rotatable bonds is 7. The summed E-state index contributed by atoms with van der Waals surface area (Å²) in [6.45, 7) is 0. The van der Waals surface area contributed by atoms with E-state index in [2.05, 4.69) is 0 Å². The van der Waals surface area contributed by atoms with Crippen LogP contribution in [-0.2, 0) is 13.9 Å². The summed E-state index contributed by atoms with van der Waals surface area (Å²) in [6.07, 6.45) is -1.79. The van der Waals surface area contributed by atoms with E-state index in [1.807, 2.05) is 0 Å². The fraction of sp³-hybridized carbons (Fsp3) is 0.833. The van der Waals surface area contributed by atoms with Crippen LogP contribution in [-0.4, -0.2) is 50.3 Å². The third kappa shape index (κ3) is 7.98. The molecule has 0 aliphatic carbocycles. The smallest absolute Gasteiger partial charge is 0.326 e. The molecule has 0 aliphatic rings. The van der Waals surface area contributed by atoms with Crippen LogP contribution >= 0.6 is 15.0 Å². The van der Waals surface area contributed by atoms with Crippen molar-refractivity contribution >= 4 is 20.9 Å². The summed E-state index contributed by atoms with van der Waals surface area (Å²) in [7, 11) is -8.03. The van der Waals surface area contributed by atoms with Gasteiger partial charge in [-0.15, -0.1) is 0 Å². The molecular formula is C6H15NO7P2. The molecule has 1 unspecified atom stereocenters. The molecule has 0 saturated heterocycles. The zero-order valence-corrected chi connectivity index (χ0v) is 10.2. The van der Waals surface area contributed by atoms with Gasteiger partial charge in [0.05, 0.1) is 6.16 Å². The monoisotopic (exact) mass is 275 g/mol. The van der Waals surface area contributed by atoms with E-state index in [1.54, 1.807) is 0 Å². The predicted molar refractivity (Wildman–Crippen MR) is 56.7 cm³/mol. The van der Waals surface area contributed by atoms with Crippen molar-refractivity contribution < 1.29 is 33.7 Å². The van der Waals surface area contributed by atoms with Gasteiger partial charge in [-0.2, -0.15) is 0 Å². The van der Waals surface area contributed by atoms with Gasteiger partial charge in [0, 0.05) is 12.3 Å². The summed E-state index contributed by atoms with van der Waals surface area (Å²) in [5.74, 6) is -1.28. The van der Waals surface area contributed by atoms with Crippen LogP contribution in [0.4, 0.5) is 0 Å². The standard InChI is InChI=1S/C6H15NO7P2/c7-5(6(8)9)1-2-15(10,11)3-4-16(12,13)14/h5H,1-4,7H2,(H,8,9)(H,10,11)(H2,12,13,14)/t5-/m0/s1. The average Bonchev–Trinajstić information content (AvgIpc) is 2.10. The second-order valence-electron chi connectivity index (χ2n) is 3.42. The molecule has 0 spiro atoms. The van der Waals surface area contributed by atoms with Gasteiger partial charge in [0.1, 0.15) is 6.04 Å². The first kappa shape index (κ1) is 15.8. The Labute approximate surface area is 92.1 Å². The molecule has 0 saturated carbocycles. The lowest BCUT2D eigenvalue weighted by atomic mass is 10.2. The Hall–Kier alpha value is -0.230. The number of aliphatic carboxylic acids is 1. The Kier molecular flexibility index (Phi) is 5.82. The normalized spacial score (nSPS) is 17.8. The van der Waals surface area contributed by atoms with E-state index in [0.717, 1.165) is 0 Å². The molecule has 6 N–H and O–H groups in total. The maximum Gasteiger partial charge on any atom is 0.326 e. The van der Waals surface area contributed by atoms with E-state index < -0.39 is 39.3 Å². The van der Waals surface area contributed by atoms with E-state index in [-0.39, 0.29) is 12.6 Å². The summed E-state index contributed by atoms with van der Waals surface area (Å²) in [4.78, 5) is 36.6. The van der Waals surface area contributed by atoms with E-state index in [1.165, 1.54) is 0 Å². The summed E-state index contributed by atoms with van der Waals surface area (Å²) < 4.78 is 21.8. The van der Waals surface area contributed by atoms with Gasteiger partial charge < -0.3 is 25.5 Å². The SMILES string of the molecule is N[C@@H](CCP(=O)(O)CCP(=O)(O)O)C(=O)O. The molecular weight excluding hydrogens is 260 g/mol. The molecule has 0 aromatic carbocycles. The predicted octanol–water partition coefficient (Wildman–Crippen LogP) is -0.764. The van der Waals surface area contributed by atoms with Gasteiger partial charge in [-0.05, 0) is 6.42 Å². The highest BCUT2D eigenvalue weighted by Crippen LogP contribution is 2.46. The van der Waals surface area contributed by atoms with Crippen LogP contribution in [0.2, 0.25) is 0 Å². The zero-order valence-electron chi connectivity index (χ0n) is 8.39. The number of hydrogen-bond acceptors (Lipinski definition) is 4. The molecule has 0 radical (unpaired) electrons. The first-order chi connectivity index (χ1) is 7.03. The summed E-state index contributed by atoms with van der Waals surface area (Å²) in [6, 6.07) is -1.24. The Balaban J connectivity index is 4.11. The fourth-order valence-electron chi connectivity index (χ4n) is 0.863. The summed E-state index contributed by atoms with van der Waals surface area (Å²) >= 11 is 0. The Morgan fingerprint density at radius 3 is 2.00 bits per heavy atom. The van der Waals surface area contributed by atoms with E-state index in [0.29, 0.717) is 0 Å². The first-order valence-corrected chi connectivity index (χ1v) is 8.20. The largest absolute Gasteiger partial charge is 0.480 e. The van der Waals surface area contributed by atoms with Gasteiger partial charge in [0.15, 0.2) is 0 Å². The van der Waals surface area contributed by atoms with Gasteiger partial charge in [-0.1, -0.05) is 0 Å². The highest BCUT2D eigenvalue weighted by atomic mass is 31.2. The minimum absolute atomic E-state index is 0.204. The lowest BCUT2D eigenvalue weighted by Crippen LogP contribution is -2.31. The van der Waals surface area contributed by atoms with Crippen molar-refractivity contribution in [2.45, 2.75) is 12.5 Å². The van der Waals surface area contributed by atoms with Crippen LogP contribution in [0.25, 0.3) is 0 Å². The van der Waals surface area contributed by atoms with Crippen molar-refractivity contribution in [1.82, 2.24) is 0 Å². The third-order valence-electron chi connectivity index (χ3n) is 1.85. The number of nitrogens with two attached hydrogens (primary N) is 1. The van der Waals surface area contributed by atoms with Gasteiger partial charge >= 0.3 is 13.6 Å². The topological polar surface area (TPSA) is 158 Å². The number of hydrogen-bond donors (Lipinski definition) is 5. The molecule has 0 bridgehead atoms. The average molecular weight is 275 g/mol. The second-order valence-corrected chi connectivity index (χ2v) is 7.78. The van der Waals surface area contributed by atoms with Crippen LogP contribution in [0.1, 0.15) is 6.42 Å². The van der Waals surface area contributed by atoms with Crippen LogP contribution in [0.15, 0.2) is 0 Å². The number of carbonyl (C=O) groups is 1. The Bertz CT molecular complexity index is 338. The molecule has 0 heterocycles. The third-order valence-corrected chi connectivity index (χ3v) is 4.89. The van der Waals surface area contributed by atoms with Crippen molar-refractivity contribution in [3.63, 3.8) is 0 Å². The Morgan fingerprint density at radius 1 is 1.12 bits per heavy atom. The molecule has 2 atom stereocenters. The van der Waals surface area contributed by atoms with Crippen molar-refractivity contribution in [3.05, 3.63) is 0 Å². The minimum Gasteiger partial charge on any atom is -0.480 e. The van der Waals surface area contributed by atoms with Gasteiger partial charge in [0.2, 0.25) is 7.37 Å². The maximum atomic E-state index is 11.4. The van der Waals surface area contributed by atoms with Gasteiger partial charge in [-0.3, -0.25) is 13.9 Å². The molecule has 16 heavy (non-hydrogen) atoms. The lowest BCUT2D eigenvalue weighted by Gasteiger charge is -2.13. The summed E-state index contributed by atoms with van der Waals surface area (Å²) in [5, 5.41) is 8.42. The van der Waals surface area contributed by atoms with Crippen LogP contribution in [0, 0.1) is 0 Å². The van der Waals surface area contributed by atoms with Crippen molar-refractivity contribution in [2.75, 3.05) is 18.5 Å². The molecule has 0 fully saturated rings. The number of carboxylic acid groups (broad SMARTS) is 1. The molecule has 0 aromatic heterocycles. The quantitative estimate of drug-likeness (QED) is 0.379. The van der Waals surface area contributed by atoms with Crippen molar-refractivity contribution in [3.8, 4) is 0 Å². The fourth-order valence-corrected chi connectivity index (χ4v) is 4.06. The first-order valence-electron chi connectivity index (χ1n) is 4.37. The number of carboxylic acids is 1. The Morgan fingerprint density at radius 2 is 1.62 bits per heavy atom. The van der Waals surface area contributed by atoms with Crippen molar-refractivity contribution in [1.29, 1.82) is 0 Å². The van der Waals surface area contributed by atoms with Crippen LogP contribution in [0.3, 0.4) is 0 Å². The highest BCUT2D eigenvalue weighted by molar-refractivity contribution is 7.60. The van der Waals surface area contributed by atoms with Crippen LogP contribution in [0.5, 0.6) is 0 Å². The van der Waals surface area contributed by atoms with E-state index in [9.17, 15) is 18.8 Å². The minimum atomic E-state index is -4.31. The molecule has 0 rings (SSSR count). The molecule has 96 valence electrons. The van der Waals surface area contributed by atoms with Gasteiger partial charge in [0.25, 0.3) is 0 Å².